The van der Waals surface area contributed by atoms with E-state index in [2.05, 4.69) is 15.9 Å². The summed E-state index contributed by atoms with van der Waals surface area (Å²) in [6, 6.07) is 6.49. The first-order valence-corrected chi connectivity index (χ1v) is 6.91. The molecule has 0 N–H and O–H groups in total. The normalized spacial score (nSPS) is 11.3. The third-order valence-corrected chi connectivity index (χ3v) is 4.60. The van der Waals surface area contributed by atoms with Crippen LogP contribution in [0.2, 0.25) is 0 Å². The second-order valence-corrected chi connectivity index (χ2v) is 5.89. The lowest BCUT2D eigenvalue weighted by molar-refractivity contribution is -0.116. The summed E-state index contributed by atoms with van der Waals surface area (Å²) in [7, 11) is -3.50. The molecule has 0 saturated carbocycles. The van der Waals surface area contributed by atoms with Gasteiger partial charge < -0.3 is 0 Å². The Hall–Kier alpha value is -0.680. The molecule has 0 spiro atoms. The van der Waals surface area contributed by atoms with E-state index in [-0.39, 0.29) is 17.1 Å². The number of carbonyl (C=O) groups excluding carboxylic acids is 1. The minimum absolute atomic E-state index is 0.173. The zero-order chi connectivity index (χ0) is 11.5. The fourth-order valence-electron chi connectivity index (χ4n) is 1.09. The zero-order valence-corrected chi connectivity index (χ0v) is 10.6. The van der Waals surface area contributed by atoms with Gasteiger partial charge in [0.25, 0.3) is 0 Å². The number of sulfone groups is 1. The molecule has 0 radical (unpaired) electrons. The van der Waals surface area contributed by atoms with Crippen LogP contribution in [0.4, 0.5) is 0 Å². The van der Waals surface area contributed by atoms with Crippen LogP contribution in [0.25, 0.3) is 0 Å². The molecule has 1 aromatic carbocycles. The van der Waals surface area contributed by atoms with Crippen molar-refractivity contribution in [2.75, 3.05) is 5.75 Å². The van der Waals surface area contributed by atoms with Gasteiger partial charge in [-0.2, -0.15) is 0 Å². The van der Waals surface area contributed by atoms with Crippen LogP contribution < -0.4 is 0 Å². The van der Waals surface area contributed by atoms with Gasteiger partial charge in [-0.25, -0.2) is 8.42 Å². The van der Waals surface area contributed by atoms with Gasteiger partial charge in [-0.3, -0.25) is 4.79 Å². The van der Waals surface area contributed by atoms with E-state index in [9.17, 15) is 13.2 Å². The molecule has 0 heterocycles. The minimum Gasteiger partial charge on any atom is -0.299 e. The molecule has 1 rings (SSSR count). The quantitative estimate of drug-likeness (QED) is 0.854. The SMILES string of the molecule is CCC(=O)CS(=O)(=O)c1ccccc1Br. The van der Waals surface area contributed by atoms with Crippen LogP contribution in [-0.4, -0.2) is 20.0 Å². The first-order chi connectivity index (χ1) is 6.97. The maximum atomic E-state index is 11.8. The number of Topliss-reactive ketones (excluding diaryl/α,β-unsaturated/α-hetero) is 1. The molecule has 0 unspecified atom stereocenters. The first kappa shape index (κ1) is 12.4. The Morgan fingerprint density at radius 1 is 1.33 bits per heavy atom. The van der Waals surface area contributed by atoms with Crippen LogP contribution in [0, 0.1) is 0 Å². The van der Waals surface area contributed by atoms with E-state index in [0.29, 0.717) is 4.47 Å². The number of benzene rings is 1. The van der Waals surface area contributed by atoms with Crippen molar-refractivity contribution in [3.8, 4) is 0 Å². The lowest BCUT2D eigenvalue weighted by Gasteiger charge is -2.04. The van der Waals surface area contributed by atoms with Gasteiger partial charge in [-0.15, -0.1) is 0 Å². The van der Waals surface area contributed by atoms with Crippen molar-refractivity contribution in [2.45, 2.75) is 18.2 Å². The van der Waals surface area contributed by atoms with E-state index < -0.39 is 15.6 Å². The molecule has 0 atom stereocenters. The molecule has 0 bridgehead atoms. The second kappa shape index (κ2) is 4.90. The Morgan fingerprint density at radius 3 is 2.47 bits per heavy atom. The highest BCUT2D eigenvalue weighted by Crippen LogP contribution is 2.22. The lowest BCUT2D eigenvalue weighted by Crippen LogP contribution is -2.15. The smallest absolute Gasteiger partial charge is 0.186 e. The minimum atomic E-state index is -3.50. The van der Waals surface area contributed by atoms with Crippen molar-refractivity contribution < 1.29 is 13.2 Å². The van der Waals surface area contributed by atoms with Crippen LogP contribution in [0.15, 0.2) is 33.6 Å². The third-order valence-electron chi connectivity index (χ3n) is 1.92. The van der Waals surface area contributed by atoms with Crippen molar-refractivity contribution in [1.29, 1.82) is 0 Å². The summed E-state index contributed by atoms with van der Waals surface area (Å²) in [5.74, 6) is -0.697. The predicted molar refractivity (Wildman–Crippen MR) is 61.5 cm³/mol. The lowest BCUT2D eigenvalue weighted by atomic mass is 10.4. The Labute approximate surface area is 97.5 Å². The Kier molecular flexibility index (Phi) is 4.04. The van der Waals surface area contributed by atoms with Crippen LogP contribution in [-0.2, 0) is 14.6 Å². The van der Waals surface area contributed by atoms with Gasteiger partial charge in [0.2, 0.25) is 0 Å². The fourth-order valence-corrected chi connectivity index (χ4v) is 3.55. The molecule has 5 heteroatoms. The summed E-state index contributed by atoms with van der Waals surface area (Å²) in [5.41, 5.74) is 0. The molecule has 3 nitrogen and oxygen atoms in total. The number of ketones is 1. The highest BCUT2D eigenvalue weighted by atomic mass is 79.9. The van der Waals surface area contributed by atoms with Crippen LogP contribution in [0.5, 0.6) is 0 Å². The second-order valence-electron chi connectivity index (χ2n) is 3.08. The monoisotopic (exact) mass is 290 g/mol. The van der Waals surface area contributed by atoms with Crippen LogP contribution in [0.3, 0.4) is 0 Å². The molecule has 0 aliphatic carbocycles. The maximum absolute atomic E-state index is 11.8. The molecule has 0 aromatic heterocycles. The highest BCUT2D eigenvalue weighted by Gasteiger charge is 2.20. The van der Waals surface area contributed by atoms with Crippen molar-refractivity contribution in [3.05, 3.63) is 28.7 Å². The van der Waals surface area contributed by atoms with Gasteiger partial charge in [0.05, 0.1) is 4.90 Å². The average Bonchev–Trinajstić information content (AvgIpc) is 2.17. The molecule has 0 aliphatic heterocycles. The predicted octanol–water partition coefficient (Wildman–Crippen LogP) is 2.20. The summed E-state index contributed by atoms with van der Waals surface area (Å²) in [6.07, 6.45) is 0.240. The standard InChI is InChI=1S/C10H11BrO3S/c1-2-8(12)7-15(13,14)10-6-4-3-5-9(10)11/h3-6H,2,7H2,1H3. The molecule has 0 amide bonds. The summed E-state index contributed by atoms with van der Waals surface area (Å²) in [6.45, 7) is 1.65. The molecular weight excluding hydrogens is 280 g/mol. The Morgan fingerprint density at radius 2 is 1.93 bits per heavy atom. The molecule has 0 fully saturated rings. The number of hydrogen-bond acceptors (Lipinski definition) is 3. The van der Waals surface area contributed by atoms with E-state index in [1.165, 1.54) is 6.07 Å². The highest BCUT2D eigenvalue weighted by molar-refractivity contribution is 9.10. The third kappa shape index (κ3) is 3.14. The largest absolute Gasteiger partial charge is 0.299 e. The molecule has 0 saturated heterocycles. The Balaban J connectivity index is 3.07. The van der Waals surface area contributed by atoms with Crippen molar-refractivity contribution in [3.63, 3.8) is 0 Å². The van der Waals surface area contributed by atoms with Gasteiger partial charge in [0.1, 0.15) is 11.5 Å². The van der Waals surface area contributed by atoms with Crippen LogP contribution in [0.1, 0.15) is 13.3 Å². The number of carbonyl (C=O) groups is 1. The summed E-state index contributed by atoms with van der Waals surface area (Å²) in [5, 5.41) is 0. The van der Waals surface area contributed by atoms with E-state index in [4.69, 9.17) is 0 Å². The number of rotatable bonds is 4. The van der Waals surface area contributed by atoms with Gasteiger partial charge in [0.15, 0.2) is 9.84 Å². The first-order valence-electron chi connectivity index (χ1n) is 4.46. The van der Waals surface area contributed by atoms with Crippen LogP contribution >= 0.6 is 15.9 Å². The van der Waals surface area contributed by atoms with Gasteiger partial charge in [-0.1, -0.05) is 19.1 Å². The summed E-state index contributed by atoms with van der Waals surface area (Å²) in [4.78, 5) is 11.3. The zero-order valence-electron chi connectivity index (χ0n) is 8.23. The summed E-state index contributed by atoms with van der Waals surface area (Å²) >= 11 is 3.15. The van der Waals surface area contributed by atoms with E-state index in [1.807, 2.05) is 0 Å². The number of halogens is 1. The molecule has 82 valence electrons. The fraction of sp³-hybridized carbons (Fsp3) is 0.300. The molecule has 0 aliphatic rings. The van der Waals surface area contributed by atoms with Gasteiger partial charge in [0, 0.05) is 10.9 Å². The Bertz CT molecular complexity index is 465. The molecule has 15 heavy (non-hydrogen) atoms. The van der Waals surface area contributed by atoms with Gasteiger partial charge in [-0.05, 0) is 28.1 Å². The van der Waals surface area contributed by atoms with Crippen molar-refractivity contribution >= 4 is 31.6 Å². The molecular formula is C10H11BrO3S. The number of hydrogen-bond donors (Lipinski definition) is 0. The van der Waals surface area contributed by atoms with Gasteiger partial charge >= 0.3 is 0 Å². The van der Waals surface area contributed by atoms with E-state index >= 15 is 0 Å². The maximum Gasteiger partial charge on any atom is 0.186 e. The summed E-state index contributed by atoms with van der Waals surface area (Å²) < 4.78 is 24.0. The topological polar surface area (TPSA) is 51.2 Å². The van der Waals surface area contributed by atoms with E-state index in [1.54, 1.807) is 25.1 Å². The van der Waals surface area contributed by atoms with Crippen molar-refractivity contribution in [2.24, 2.45) is 0 Å². The van der Waals surface area contributed by atoms with E-state index in [0.717, 1.165) is 0 Å². The van der Waals surface area contributed by atoms with Crippen molar-refractivity contribution in [1.82, 2.24) is 0 Å². The molecule has 1 aromatic rings. The average molecular weight is 291 g/mol.